The molecule has 0 aromatic heterocycles. The van der Waals surface area contributed by atoms with Gasteiger partial charge in [-0.1, -0.05) is 19.1 Å². The van der Waals surface area contributed by atoms with Crippen molar-refractivity contribution in [2.45, 2.75) is 32.2 Å². The van der Waals surface area contributed by atoms with Gasteiger partial charge < -0.3 is 15.4 Å². The molecule has 0 spiro atoms. The molecule has 1 saturated heterocycles. The molecule has 0 amide bonds. The maximum atomic E-state index is 11.7. The Balaban J connectivity index is 1.91. The first kappa shape index (κ1) is 24.4. The van der Waals surface area contributed by atoms with Crippen LogP contribution in [0.4, 0.5) is 0 Å². The highest BCUT2D eigenvalue weighted by Gasteiger charge is 2.24. The van der Waals surface area contributed by atoms with Crippen molar-refractivity contribution in [2.75, 3.05) is 59.7 Å². The number of methoxy groups -OCH3 is 1. The summed E-state index contributed by atoms with van der Waals surface area (Å²) in [5.74, 6) is 1.59. The van der Waals surface area contributed by atoms with Gasteiger partial charge in [-0.2, -0.15) is 0 Å². The number of ether oxygens (including phenoxy) is 1. The Bertz CT molecular complexity index is 779. The van der Waals surface area contributed by atoms with Crippen LogP contribution in [0.25, 0.3) is 0 Å². The Labute approximate surface area is 181 Å². The van der Waals surface area contributed by atoms with E-state index in [9.17, 15) is 8.42 Å². The van der Waals surface area contributed by atoms with E-state index in [1.807, 2.05) is 19.1 Å². The second kappa shape index (κ2) is 12.1. The van der Waals surface area contributed by atoms with E-state index in [1.54, 1.807) is 14.2 Å². The van der Waals surface area contributed by atoms with Crippen LogP contribution >= 0.6 is 0 Å². The Morgan fingerprint density at radius 3 is 2.63 bits per heavy atom. The van der Waals surface area contributed by atoms with Crippen LogP contribution in [0.1, 0.15) is 37.8 Å². The Kier molecular flexibility index (Phi) is 9.87. The highest BCUT2D eigenvalue weighted by Crippen LogP contribution is 2.27. The first-order valence-electron chi connectivity index (χ1n) is 10.7. The average Bonchev–Trinajstić information content (AvgIpc) is 3.26. The lowest BCUT2D eigenvalue weighted by atomic mass is 10.1. The molecule has 1 aromatic rings. The van der Waals surface area contributed by atoms with Gasteiger partial charge in [-0.25, -0.2) is 12.7 Å². The van der Waals surface area contributed by atoms with Crippen molar-refractivity contribution in [1.29, 1.82) is 0 Å². The fraction of sp³-hybridized carbons (Fsp3) is 0.667. The van der Waals surface area contributed by atoms with E-state index in [0.29, 0.717) is 26.1 Å². The maximum absolute atomic E-state index is 11.7. The van der Waals surface area contributed by atoms with Gasteiger partial charge in [0.1, 0.15) is 5.75 Å². The summed E-state index contributed by atoms with van der Waals surface area (Å²) in [5.41, 5.74) is 1.23. The Hall–Kier alpha value is -1.84. The summed E-state index contributed by atoms with van der Waals surface area (Å²) >= 11 is 0. The molecular weight excluding hydrogens is 402 g/mol. The summed E-state index contributed by atoms with van der Waals surface area (Å²) in [6.07, 6.45) is 4.41. The van der Waals surface area contributed by atoms with Gasteiger partial charge >= 0.3 is 0 Å². The first-order chi connectivity index (χ1) is 14.4. The highest BCUT2D eigenvalue weighted by molar-refractivity contribution is 7.88. The summed E-state index contributed by atoms with van der Waals surface area (Å²) in [4.78, 5) is 6.82. The van der Waals surface area contributed by atoms with Crippen molar-refractivity contribution in [3.8, 4) is 5.75 Å². The number of guanidine groups is 1. The van der Waals surface area contributed by atoms with E-state index in [2.05, 4.69) is 32.7 Å². The van der Waals surface area contributed by atoms with Crippen LogP contribution in [0, 0.1) is 0 Å². The van der Waals surface area contributed by atoms with E-state index >= 15 is 0 Å². The maximum Gasteiger partial charge on any atom is 0.211 e. The molecule has 0 aliphatic carbocycles. The largest absolute Gasteiger partial charge is 0.497 e. The quantitative estimate of drug-likeness (QED) is 0.310. The SMILES string of the molecule is CCN(CCCNC(=NC)NCC(c1cccc(OC)c1)N1CCCC1)S(C)(=O)=O. The van der Waals surface area contributed by atoms with Crippen LogP contribution in [0.5, 0.6) is 5.75 Å². The van der Waals surface area contributed by atoms with Gasteiger partial charge in [0.25, 0.3) is 0 Å². The zero-order valence-corrected chi connectivity index (χ0v) is 19.5. The van der Waals surface area contributed by atoms with Crippen LogP contribution in [0.15, 0.2) is 29.3 Å². The Morgan fingerprint density at radius 2 is 2.03 bits per heavy atom. The van der Waals surface area contributed by atoms with Crippen LogP contribution in [0.2, 0.25) is 0 Å². The first-order valence-corrected chi connectivity index (χ1v) is 12.5. The van der Waals surface area contributed by atoms with Crippen LogP contribution in [-0.2, 0) is 10.0 Å². The standard InChI is InChI=1S/C21H37N5O3S/c1-5-26(30(4,27)28)15-9-12-23-21(22-2)24-17-20(25-13-6-7-14-25)18-10-8-11-19(16-18)29-3/h8,10-11,16,20H,5-7,9,12-15,17H2,1-4H3,(H2,22,23,24). The molecule has 170 valence electrons. The van der Waals surface area contributed by atoms with Gasteiger partial charge in [0, 0.05) is 33.2 Å². The molecule has 0 saturated carbocycles. The van der Waals surface area contributed by atoms with E-state index < -0.39 is 10.0 Å². The number of likely N-dealkylation sites (tertiary alicyclic amines) is 1. The van der Waals surface area contributed by atoms with Crippen molar-refractivity contribution in [1.82, 2.24) is 19.8 Å². The average molecular weight is 440 g/mol. The molecule has 1 aliphatic rings. The molecule has 1 fully saturated rings. The van der Waals surface area contributed by atoms with Crippen LogP contribution in [-0.4, -0.2) is 83.3 Å². The lowest BCUT2D eigenvalue weighted by Gasteiger charge is -2.29. The number of hydrogen-bond acceptors (Lipinski definition) is 5. The number of hydrogen-bond donors (Lipinski definition) is 2. The van der Waals surface area contributed by atoms with Crippen molar-refractivity contribution in [3.63, 3.8) is 0 Å². The minimum absolute atomic E-state index is 0.238. The summed E-state index contributed by atoms with van der Waals surface area (Å²) < 4.78 is 30.3. The summed E-state index contributed by atoms with van der Waals surface area (Å²) in [6.45, 7) is 6.41. The minimum Gasteiger partial charge on any atom is -0.497 e. The number of aliphatic imine (C=N–C) groups is 1. The summed E-state index contributed by atoms with van der Waals surface area (Å²) in [6, 6.07) is 8.49. The third-order valence-corrected chi connectivity index (χ3v) is 6.82. The van der Waals surface area contributed by atoms with Gasteiger partial charge in [0.15, 0.2) is 5.96 Å². The summed E-state index contributed by atoms with van der Waals surface area (Å²) in [7, 11) is 0.298. The number of nitrogens with zero attached hydrogens (tertiary/aromatic N) is 3. The number of rotatable bonds is 11. The summed E-state index contributed by atoms with van der Waals surface area (Å²) in [5, 5.41) is 6.73. The highest BCUT2D eigenvalue weighted by atomic mass is 32.2. The lowest BCUT2D eigenvalue weighted by molar-refractivity contribution is 0.245. The topological polar surface area (TPSA) is 86.3 Å². The third-order valence-electron chi connectivity index (χ3n) is 5.44. The lowest BCUT2D eigenvalue weighted by Crippen LogP contribution is -2.43. The van der Waals surface area contributed by atoms with Gasteiger partial charge in [-0.3, -0.25) is 9.89 Å². The zero-order valence-electron chi connectivity index (χ0n) is 18.7. The normalized spacial score (nSPS) is 16.6. The fourth-order valence-electron chi connectivity index (χ4n) is 3.79. The number of sulfonamides is 1. The molecule has 2 rings (SSSR count). The molecule has 9 heteroatoms. The van der Waals surface area contributed by atoms with Crippen molar-refractivity contribution in [2.24, 2.45) is 4.99 Å². The molecule has 1 heterocycles. The van der Waals surface area contributed by atoms with E-state index in [-0.39, 0.29) is 6.04 Å². The second-order valence-electron chi connectivity index (χ2n) is 7.52. The molecule has 1 aliphatic heterocycles. The smallest absolute Gasteiger partial charge is 0.211 e. The number of benzene rings is 1. The molecule has 1 unspecified atom stereocenters. The van der Waals surface area contributed by atoms with Gasteiger partial charge in [-0.15, -0.1) is 0 Å². The zero-order chi connectivity index (χ0) is 22.0. The van der Waals surface area contributed by atoms with Crippen molar-refractivity contribution < 1.29 is 13.2 Å². The monoisotopic (exact) mass is 439 g/mol. The van der Waals surface area contributed by atoms with Gasteiger partial charge in [0.2, 0.25) is 10.0 Å². The predicted octanol–water partition coefficient (Wildman–Crippen LogP) is 1.67. The molecule has 0 radical (unpaired) electrons. The molecule has 30 heavy (non-hydrogen) atoms. The second-order valence-corrected chi connectivity index (χ2v) is 9.51. The van der Waals surface area contributed by atoms with E-state index in [1.165, 1.54) is 29.0 Å². The Morgan fingerprint density at radius 1 is 1.30 bits per heavy atom. The molecule has 1 aromatic carbocycles. The predicted molar refractivity (Wildman–Crippen MR) is 123 cm³/mol. The fourth-order valence-corrected chi connectivity index (χ4v) is 4.72. The number of nitrogens with one attached hydrogen (secondary N) is 2. The molecule has 1 atom stereocenters. The van der Waals surface area contributed by atoms with E-state index in [4.69, 9.17) is 4.74 Å². The van der Waals surface area contributed by atoms with Crippen molar-refractivity contribution in [3.05, 3.63) is 29.8 Å². The van der Waals surface area contributed by atoms with Gasteiger partial charge in [0.05, 0.1) is 19.4 Å². The van der Waals surface area contributed by atoms with Crippen molar-refractivity contribution >= 4 is 16.0 Å². The molecule has 0 bridgehead atoms. The van der Waals surface area contributed by atoms with Crippen LogP contribution < -0.4 is 15.4 Å². The van der Waals surface area contributed by atoms with E-state index in [0.717, 1.165) is 31.3 Å². The van der Waals surface area contributed by atoms with Gasteiger partial charge in [-0.05, 0) is 50.0 Å². The molecular formula is C21H37N5O3S. The minimum atomic E-state index is -3.14. The third kappa shape index (κ3) is 7.45. The van der Waals surface area contributed by atoms with Crippen LogP contribution in [0.3, 0.4) is 0 Å². The molecule has 8 nitrogen and oxygen atoms in total. The molecule has 2 N–H and O–H groups in total.